The average Bonchev–Trinajstić information content (AvgIpc) is 3.29. The number of para-hydroxylation sites is 1. The maximum atomic E-state index is 11.2. The van der Waals surface area contributed by atoms with Crippen molar-refractivity contribution < 1.29 is 15.0 Å². The van der Waals surface area contributed by atoms with Gasteiger partial charge in [0.15, 0.2) is 0 Å². The predicted octanol–water partition coefficient (Wildman–Crippen LogP) is 7.25. The van der Waals surface area contributed by atoms with Crippen LogP contribution in [0.2, 0.25) is 0 Å². The molecule has 0 amide bonds. The lowest BCUT2D eigenvalue weighted by Gasteiger charge is -2.27. The Morgan fingerprint density at radius 1 is 1.00 bits per heavy atom. The highest BCUT2D eigenvalue weighted by Crippen LogP contribution is 2.39. The van der Waals surface area contributed by atoms with Crippen LogP contribution < -0.4 is 5.73 Å². The van der Waals surface area contributed by atoms with Crippen molar-refractivity contribution in [3.05, 3.63) is 81.0 Å². The molecule has 1 aromatic heterocycles. The van der Waals surface area contributed by atoms with Gasteiger partial charge in [-0.1, -0.05) is 65.8 Å². The van der Waals surface area contributed by atoms with Crippen molar-refractivity contribution in [2.75, 3.05) is 5.88 Å². The van der Waals surface area contributed by atoms with E-state index in [0.717, 1.165) is 22.5 Å². The van der Waals surface area contributed by atoms with E-state index in [4.69, 9.17) is 17.3 Å². The smallest absolute Gasteiger partial charge is 0.335 e. The Morgan fingerprint density at radius 3 is 2.03 bits per heavy atom. The van der Waals surface area contributed by atoms with Crippen molar-refractivity contribution in [1.82, 2.24) is 0 Å². The second-order valence-corrected chi connectivity index (χ2v) is 11.6. The van der Waals surface area contributed by atoms with Crippen LogP contribution in [0.5, 0.6) is 5.75 Å². The van der Waals surface area contributed by atoms with Gasteiger partial charge in [-0.2, -0.15) is 0 Å². The number of benzene rings is 2. The van der Waals surface area contributed by atoms with Crippen molar-refractivity contribution in [3.8, 4) is 5.75 Å². The molecule has 3 rings (SSSR count). The second-order valence-electron chi connectivity index (χ2n) is 10.3. The summed E-state index contributed by atoms with van der Waals surface area (Å²) in [6.07, 6.45) is 0.805. The number of nitrogens with two attached hydrogens (primary N) is 1. The Balaban J connectivity index is 0.000000247. The number of aryl methyl sites for hydroxylation is 1. The van der Waals surface area contributed by atoms with Gasteiger partial charge < -0.3 is 15.9 Å². The number of aromatic hydroxyl groups is 1. The lowest BCUT2D eigenvalue weighted by molar-refractivity contribution is 0.0696. The number of hydrogen-bond donors (Lipinski definition) is 3. The van der Waals surface area contributed by atoms with Crippen molar-refractivity contribution >= 4 is 40.4 Å². The number of phenolic OH excluding ortho intramolecular Hbond substituents is 1. The van der Waals surface area contributed by atoms with Gasteiger partial charge in [-0.3, -0.25) is 0 Å². The molecule has 0 saturated heterocycles. The van der Waals surface area contributed by atoms with Gasteiger partial charge in [-0.15, -0.1) is 22.9 Å². The minimum atomic E-state index is -0.967. The van der Waals surface area contributed by atoms with E-state index in [-0.39, 0.29) is 22.1 Å². The Labute approximate surface area is 217 Å². The lowest BCUT2D eigenvalue weighted by Crippen LogP contribution is -2.18. The molecular weight excluding hydrogens is 480 g/mol. The van der Waals surface area contributed by atoms with Gasteiger partial charge in [0.05, 0.1) is 16.1 Å². The predicted molar refractivity (Wildman–Crippen MR) is 148 cm³/mol. The number of hydrogen-bond acceptors (Lipinski definition) is 4. The van der Waals surface area contributed by atoms with E-state index in [1.807, 2.05) is 83.3 Å². The molecule has 35 heavy (non-hydrogen) atoms. The first-order valence-corrected chi connectivity index (χ1v) is 12.8. The van der Waals surface area contributed by atoms with Crippen LogP contribution in [0.15, 0.2) is 58.9 Å². The third kappa shape index (κ3) is 7.84. The lowest BCUT2D eigenvalue weighted by atomic mass is 9.78. The third-order valence-corrected chi connectivity index (χ3v) is 6.42. The first-order chi connectivity index (χ1) is 16.3. The van der Waals surface area contributed by atoms with Crippen molar-refractivity contribution in [3.63, 3.8) is 0 Å². The van der Waals surface area contributed by atoms with Crippen LogP contribution in [0.3, 0.4) is 0 Å². The summed E-state index contributed by atoms with van der Waals surface area (Å²) in [5.74, 6) is 0.388. The highest BCUT2D eigenvalue weighted by Gasteiger charge is 2.27. The Bertz CT molecular complexity index is 1140. The van der Waals surface area contributed by atoms with Crippen molar-refractivity contribution in [2.24, 2.45) is 10.7 Å². The topological polar surface area (TPSA) is 95.9 Å². The molecule has 0 fully saturated rings. The Kier molecular flexibility index (Phi) is 9.52. The molecule has 0 spiro atoms. The van der Waals surface area contributed by atoms with Gasteiger partial charge >= 0.3 is 5.97 Å². The van der Waals surface area contributed by atoms with E-state index in [2.05, 4.69) is 4.99 Å². The van der Waals surface area contributed by atoms with Crippen LogP contribution in [-0.4, -0.2) is 27.9 Å². The van der Waals surface area contributed by atoms with E-state index in [1.54, 1.807) is 23.5 Å². The standard InChI is InChI=1S/C15H22O3.C13H13ClN2S/c1-14(2,3)10-7-9(13(17)18)8-11(12(10)16)15(4,5)6;14-8-7-10-4-1-2-5-11(10)16-13(15)12-6-3-9-17-12/h7-8,16H,1-6H3,(H,17,18);1-6,9H,7-8H2,(H2,15,16). The molecule has 2 aromatic carbocycles. The second kappa shape index (κ2) is 11.7. The minimum Gasteiger partial charge on any atom is -0.507 e. The van der Waals surface area contributed by atoms with Gasteiger partial charge in [0.2, 0.25) is 0 Å². The molecule has 7 heteroatoms. The molecule has 4 N–H and O–H groups in total. The zero-order valence-corrected chi connectivity index (χ0v) is 22.8. The van der Waals surface area contributed by atoms with Crippen LogP contribution in [0.25, 0.3) is 0 Å². The number of halogens is 1. The molecule has 188 valence electrons. The van der Waals surface area contributed by atoms with Crippen molar-refractivity contribution in [2.45, 2.75) is 58.8 Å². The van der Waals surface area contributed by atoms with Gasteiger partial charge in [0, 0.05) is 17.0 Å². The molecule has 0 aliphatic heterocycles. The maximum Gasteiger partial charge on any atom is 0.335 e. The molecule has 5 nitrogen and oxygen atoms in total. The number of thiophene rings is 1. The maximum absolute atomic E-state index is 11.2. The number of rotatable bonds is 5. The molecule has 1 heterocycles. The molecule has 0 aliphatic carbocycles. The number of nitrogens with zero attached hydrogens (tertiary/aromatic N) is 1. The highest BCUT2D eigenvalue weighted by molar-refractivity contribution is 7.12. The van der Waals surface area contributed by atoms with E-state index < -0.39 is 5.97 Å². The summed E-state index contributed by atoms with van der Waals surface area (Å²) < 4.78 is 0. The molecule has 0 atom stereocenters. The third-order valence-electron chi connectivity index (χ3n) is 5.34. The van der Waals surface area contributed by atoms with E-state index in [1.165, 1.54) is 0 Å². The highest BCUT2D eigenvalue weighted by atomic mass is 35.5. The van der Waals surface area contributed by atoms with E-state index >= 15 is 0 Å². The van der Waals surface area contributed by atoms with Crippen LogP contribution in [0.4, 0.5) is 5.69 Å². The molecular formula is C28H35ClN2O3S. The van der Waals surface area contributed by atoms with Gasteiger partial charge in [0.25, 0.3) is 0 Å². The summed E-state index contributed by atoms with van der Waals surface area (Å²) in [4.78, 5) is 16.6. The zero-order valence-electron chi connectivity index (χ0n) is 21.2. The number of alkyl halides is 1. The molecule has 0 aliphatic rings. The van der Waals surface area contributed by atoms with Gasteiger partial charge in [-0.05, 0) is 52.5 Å². The summed E-state index contributed by atoms with van der Waals surface area (Å²) in [5, 5.41) is 21.5. The number of amidine groups is 1. The molecule has 0 saturated carbocycles. The van der Waals surface area contributed by atoms with Gasteiger partial charge in [0.1, 0.15) is 11.6 Å². The normalized spacial score (nSPS) is 12.1. The first kappa shape index (κ1) is 28.4. The van der Waals surface area contributed by atoms with Crippen LogP contribution in [0.1, 0.15) is 73.5 Å². The molecule has 0 radical (unpaired) electrons. The SMILES string of the molecule is CC(C)(C)c1cc(C(=O)O)cc(C(C)(C)C)c1O.NC(=Nc1ccccc1CCCl)c1cccs1. The summed E-state index contributed by atoms with van der Waals surface area (Å²) in [6, 6.07) is 15.0. The van der Waals surface area contributed by atoms with E-state index in [0.29, 0.717) is 22.8 Å². The minimum absolute atomic E-state index is 0.208. The first-order valence-electron chi connectivity index (χ1n) is 11.4. The average molecular weight is 515 g/mol. The fraction of sp³-hybridized carbons (Fsp3) is 0.357. The molecule has 3 aromatic rings. The number of carboxylic acid groups (broad SMARTS) is 1. The number of aromatic carboxylic acids is 1. The largest absolute Gasteiger partial charge is 0.507 e. The van der Waals surface area contributed by atoms with Crippen LogP contribution in [0, 0.1) is 0 Å². The summed E-state index contributed by atoms with van der Waals surface area (Å²) in [5.41, 5.74) is 8.97. The summed E-state index contributed by atoms with van der Waals surface area (Å²) in [6.45, 7) is 11.8. The number of phenols is 1. The van der Waals surface area contributed by atoms with Crippen LogP contribution in [-0.2, 0) is 17.3 Å². The van der Waals surface area contributed by atoms with Gasteiger partial charge in [-0.25, -0.2) is 9.79 Å². The fourth-order valence-electron chi connectivity index (χ4n) is 3.44. The Morgan fingerprint density at radius 2 is 1.57 bits per heavy atom. The number of aliphatic imine (C=N–C) groups is 1. The fourth-order valence-corrected chi connectivity index (χ4v) is 4.27. The summed E-state index contributed by atoms with van der Waals surface area (Å²) in [7, 11) is 0. The van der Waals surface area contributed by atoms with Crippen molar-refractivity contribution in [1.29, 1.82) is 0 Å². The van der Waals surface area contributed by atoms with Crippen LogP contribution >= 0.6 is 22.9 Å². The number of carboxylic acids is 1. The quantitative estimate of drug-likeness (QED) is 0.190. The number of carbonyl (C=O) groups is 1. The monoisotopic (exact) mass is 514 g/mol. The van der Waals surface area contributed by atoms with E-state index in [9.17, 15) is 15.0 Å². The zero-order chi connectivity index (χ0) is 26.4. The molecule has 0 unspecified atom stereocenters. The summed E-state index contributed by atoms with van der Waals surface area (Å²) >= 11 is 7.35. The Hall–Kier alpha value is -2.83. The molecule has 0 bridgehead atoms.